The van der Waals surface area contributed by atoms with Gasteiger partial charge in [-0.1, -0.05) is 0 Å². The molecule has 1 atom stereocenters. The molecule has 0 radical (unpaired) electrons. The SMILES string of the molecule is CCN(CC)c1ccc(C(=O)O[C@@H](C)C(=O)c2ccc(NS(C)(=O)=O)cc2)cc1. The molecule has 156 valence electrons. The van der Waals surface area contributed by atoms with Gasteiger partial charge in [0.1, 0.15) is 0 Å². The molecule has 7 nitrogen and oxygen atoms in total. The molecule has 2 aromatic rings. The van der Waals surface area contributed by atoms with E-state index in [1.165, 1.54) is 31.2 Å². The van der Waals surface area contributed by atoms with E-state index in [-0.39, 0.29) is 5.78 Å². The van der Waals surface area contributed by atoms with Crippen molar-refractivity contribution in [3.63, 3.8) is 0 Å². The Labute approximate surface area is 171 Å². The fourth-order valence-electron chi connectivity index (χ4n) is 2.83. The number of Topliss-reactive ketones (excluding diaryl/α,β-unsaturated/α-hetero) is 1. The summed E-state index contributed by atoms with van der Waals surface area (Å²) < 4.78 is 30.1. The Morgan fingerprint density at radius 3 is 1.97 bits per heavy atom. The summed E-state index contributed by atoms with van der Waals surface area (Å²) in [6.45, 7) is 7.35. The van der Waals surface area contributed by atoms with Gasteiger partial charge in [-0.2, -0.15) is 0 Å². The number of carbonyl (C=O) groups is 2. The summed E-state index contributed by atoms with van der Waals surface area (Å²) in [6.07, 6.45) is 0.0704. The number of ketones is 1. The second-order valence-corrected chi connectivity index (χ2v) is 8.33. The predicted molar refractivity (Wildman–Crippen MR) is 114 cm³/mol. The maximum Gasteiger partial charge on any atom is 0.338 e. The van der Waals surface area contributed by atoms with Crippen LogP contribution < -0.4 is 9.62 Å². The third-order valence-corrected chi connectivity index (χ3v) is 4.96. The number of sulfonamides is 1. The lowest BCUT2D eigenvalue weighted by Crippen LogP contribution is -2.25. The molecule has 0 saturated carbocycles. The first kappa shape index (κ1) is 22.4. The van der Waals surface area contributed by atoms with Crippen LogP contribution in [0.1, 0.15) is 41.5 Å². The lowest BCUT2D eigenvalue weighted by Gasteiger charge is -2.21. The van der Waals surface area contributed by atoms with Gasteiger partial charge in [-0.15, -0.1) is 0 Å². The van der Waals surface area contributed by atoms with Crippen molar-refractivity contribution in [1.82, 2.24) is 0 Å². The van der Waals surface area contributed by atoms with Crippen molar-refractivity contribution in [3.05, 3.63) is 59.7 Å². The molecule has 0 aliphatic carbocycles. The Morgan fingerprint density at radius 2 is 1.48 bits per heavy atom. The van der Waals surface area contributed by atoms with Crippen molar-refractivity contribution in [2.24, 2.45) is 0 Å². The number of anilines is 2. The zero-order valence-corrected chi connectivity index (χ0v) is 17.8. The Hall–Kier alpha value is -2.87. The first-order valence-electron chi connectivity index (χ1n) is 9.32. The van der Waals surface area contributed by atoms with Crippen LogP contribution in [0.4, 0.5) is 11.4 Å². The van der Waals surface area contributed by atoms with Crippen LogP contribution in [-0.4, -0.2) is 45.6 Å². The number of hydrogen-bond acceptors (Lipinski definition) is 6. The number of nitrogens with one attached hydrogen (secondary N) is 1. The zero-order chi connectivity index (χ0) is 21.6. The molecule has 0 unspecified atom stereocenters. The molecule has 0 fully saturated rings. The fraction of sp³-hybridized carbons (Fsp3) is 0.333. The minimum Gasteiger partial charge on any atom is -0.451 e. The van der Waals surface area contributed by atoms with E-state index in [0.29, 0.717) is 16.8 Å². The molecular formula is C21H26N2O5S. The summed E-state index contributed by atoms with van der Waals surface area (Å²) in [5.74, 6) is -0.948. The lowest BCUT2D eigenvalue weighted by molar-refractivity contribution is 0.0319. The molecule has 29 heavy (non-hydrogen) atoms. The Balaban J connectivity index is 2.02. The van der Waals surface area contributed by atoms with E-state index < -0.39 is 22.1 Å². The minimum absolute atomic E-state index is 0.321. The van der Waals surface area contributed by atoms with Crippen LogP contribution in [0.25, 0.3) is 0 Å². The van der Waals surface area contributed by atoms with E-state index in [1.54, 1.807) is 12.1 Å². The molecular weight excluding hydrogens is 392 g/mol. The largest absolute Gasteiger partial charge is 0.451 e. The molecule has 2 rings (SSSR count). The first-order valence-corrected chi connectivity index (χ1v) is 11.2. The number of carbonyl (C=O) groups excluding carboxylic acids is 2. The number of benzene rings is 2. The molecule has 0 spiro atoms. The summed E-state index contributed by atoms with van der Waals surface area (Å²) in [5, 5.41) is 0. The van der Waals surface area contributed by atoms with Crippen molar-refractivity contribution in [2.75, 3.05) is 29.0 Å². The summed E-state index contributed by atoms with van der Waals surface area (Å²) in [7, 11) is -3.39. The van der Waals surface area contributed by atoms with Gasteiger partial charge in [0, 0.05) is 30.0 Å². The molecule has 0 amide bonds. The second kappa shape index (κ2) is 9.56. The van der Waals surface area contributed by atoms with Gasteiger partial charge in [-0.05, 0) is 69.3 Å². The van der Waals surface area contributed by atoms with Gasteiger partial charge in [0.15, 0.2) is 6.10 Å². The summed E-state index contributed by atoms with van der Waals surface area (Å²) in [5.41, 5.74) is 2.05. The average Bonchev–Trinajstić information content (AvgIpc) is 2.68. The smallest absolute Gasteiger partial charge is 0.338 e. The van der Waals surface area contributed by atoms with E-state index in [9.17, 15) is 18.0 Å². The van der Waals surface area contributed by atoms with E-state index in [1.807, 2.05) is 12.1 Å². The average molecular weight is 419 g/mol. The molecule has 0 aliphatic heterocycles. The third kappa shape index (κ3) is 6.32. The monoisotopic (exact) mass is 418 g/mol. The van der Waals surface area contributed by atoms with Crippen LogP contribution in [0.15, 0.2) is 48.5 Å². The van der Waals surface area contributed by atoms with Gasteiger partial charge in [0.2, 0.25) is 15.8 Å². The maximum atomic E-state index is 12.5. The number of rotatable bonds is 9. The van der Waals surface area contributed by atoms with Crippen LogP contribution in [0.2, 0.25) is 0 Å². The standard InChI is InChI=1S/C21H26N2O5S/c1-5-23(6-2)19-13-9-17(10-14-19)21(25)28-15(3)20(24)16-7-11-18(12-8-16)22-29(4,26)27/h7-15,22H,5-6H2,1-4H3/t15-/m0/s1. The molecule has 0 saturated heterocycles. The Bertz CT molecular complexity index is 950. The van der Waals surface area contributed by atoms with E-state index in [0.717, 1.165) is 25.0 Å². The van der Waals surface area contributed by atoms with Gasteiger partial charge in [0.05, 0.1) is 11.8 Å². The van der Waals surface area contributed by atoms with Crippen molar-refractivity contribution in [3.8, 4) is 0 Å². The summed E-state index contributed by atoms with van der Waals surface area (Å²) in [4.78, 5) is 27.0. The van der Waals surface area contributed by atoms with Crippen molar-refractivity contribution < 1.29 is 22.7 Å². The number of hydrogen-bond donors (Lipinski definition) is 1. The first-order chi connectivity index (χ1) is 13.6. The van der Waals surface area contributed by atoms with Gasteiger partial charge in [-0.25, -0.2) is 13.2 Å². The van der Waals surface area contributed by atoms with E-state index in [2.05, 4.69) is 23.5 Å². The quantitative estimate of drug-likeness (QED) is 0.496. The Kier molecular flexibility index (Phi) is 7.39. The molecule has 2 aromatic carbocycles. The highest BCUT2D eigenvalue weighted by molar-refractivity contribution is 7.92. The highest BCUT2D eigenvalue weighted by Crippen LogP contribution is 2.17. The maximum absolute atomic E-state index is 12.5. The van der Waals surface area contributed by atoms with Crippen molar-refractivity contribution >= 4 is 33.2 Å². The van der Waals surface area contributed by atoms with Gasteiger partial charge in [0.25, 0.3) is 0 Å². The lowest BCUT2D eigenvalue weighted by atomic mass is 10.1. The molecule has 0 heterocycles. The van der Waals surface area contributed by atoms with Crippen molar-refractivity contribution in [2.45, 2.75) is 26.9 Å². The van der Waals surface area contributed by atoms with Gasteiger partial charge in [-0.3, -0.25) is 9.52 Å². The molecule has 0 aliphatic rings. The van der Waals surface area contributed by atoms with E-state index >= 15 is 0 Å². The number of ether oxygens (including phenoxy) is 1. The fourth-order valence-corrected chi connectivity index (χ4v) is 3.39. The molecule has 1 N–H and O–H groups in total. The number of esters is 1. The molecule has 0 bridgehead atoms. The highest BCUT2D eigenvalue weighted by Gasteiger charge is 2.20. The van der Waals surface area contributed by atoms with Gasteiger partial charge < -0.3 is 9.64 Å². The second-order valence-electron chi connectivity index (χ2n) is 6.58. The van der Waals surface area contributed by atoms with Crippen LogP contribution in [0, 0.1) is 0 Å². The predicted octanol–water partition coefficient (Wildman–Crippen LogP) is 3.33. The normalized spacial score (nSPS) is 12.1. The van der Waals surface area contributed by atoms with Crippen LogP contribution in [-0.2, 0) is 14.8 Å². The van der Waals surface area contributed by atoms with Crippen LogP contribution in [0.5, 0.6) is 0 Å². The summed E-state index contributed by atoms with van der Waals surface area (Å²) >= 11 is 0. The summed E-state index contributed by atoms with van der Waals surface area (Å²) in [6, 6.07) is 13.0. The van der Waals surface area contributed by atoms with Crippen molar-refractivity contribution in [1.29, 1.82) is 0 Å². The van der Waals surface area contributed by atoms with Crippen LogP contribution >= 0.6 is 0 Å². The van der Waals surface area contributed by atoms with E-state index in [4.69, 9.17) is 4.74 Å². The molecule has 8 heteroatoms. The highest BCUT2D eigenvalue weighted by atomic mass is 32.2. The molecule has 0 aromatic heterocycles. The third-order valence-electron chi connectivity index (χ3n) is 4.36. The van der Waals surface area contributed by atoms with Gasteiger partial charge >= 0.3 is 5.97 Å². The Morgan fingerprint density at radius 1 is 0.966 bits per heavy atom. The topological polar surface area (TPSA) is 92.8 Å². The minimum atomic E-state index is -3.39. The van der Waals surface area contributed by atoms with Crippen LogP contribution in [0.3, 0.4) is 0 Å². The number of nitrogens with zero attached hydrogens (tertiary/aromatic N) is 1. The zero-order valence-electron chi connectivity index (χ0n) is 17.0.